The molecule has 0 bridgehead atoms. The molecule has 6 heteroatoms. The molecule has 0 aliphatic heterocycles. The van der Waals surface area contributed by atoms with Crippen LogP contribution in [0.25, 0.3) is 0 Å². The third-order valence-electron chi connectivity index (χ3n) is 5.78. The molecule has 0 saturated heterocycles. The van der Waals surface area contributed by atoms with Crippen LogP contribution in [0, 0.1) is 23.7 Å². The molecule has 0 atom stereocenters. The summed E-state index contributed by atoms with van der Waals surface area (Å²) in [5, 5.41) is 0.113. The summed E-state index contributed by atoms with van der Waals surface area (Å²) in [4.78, 5) is 25.2. The number of hydrogen-bond acceptors (Lipinski definition) is 2. The molecular formula is C22H33ClN2O2Sn. The zero-order valence-corrected chi connectivity index (χ0v) is 21.6. The number of hydrogen-bond donors (Lipinski definition) is 0. The molecule has 2 aromatic rings. The van der Waals surface area contributed by atoms with Crippen molar-refractivity contribution in [2.45, 2.75) is 86.5 Å². The van der Waals surface area contributed by atoms with Crippen LogP contribution in [0.5, 0.6) is 0 Å². The van der Waals surface area contributed by atoms with Gasteiger partial charge in [0.15, 0.2) is 0 Å². The van der Waals surface area contributed by atoms with Crippen molar-refractivity contribution in [2.75, 3.05) is 0 Å². The summed E-state index contributed by atoms with van der Waals surface area (Å²) in [5.41, 5.74) is 1.03. The third-order valence-corrected chi connectivity index (χ3v) is 19.3. The van der Waals surface area contributed by atoms with E-state index in [4.69, 9.17) is 11.6 Å². The van der Waals surface area contributed by atoms with Crippen molar-refractivity contribution in [1.29, 1.82) is 0 Å². The zero-order chi connectivity index (χ0) is 20.9. The Morgan fingerprint density at radius 3 is 1.75 bits per heavy atom. The van der Waals surface area contributed by atoms with Crippen LogP contribution in [0.15, 0.2) is 9.59 Å². The second-order valence-corrected chi connectivity index (χ2v) is 20.6. The number of nitrogens with zero attached hydrogens (tertiary/aromatic N) is 2. The molecular weight excluding hydrogens is 478 g/mol. The van der Waals surface area contributed by atoms with Crippen LogP contribution >= 0.6 is 11.6 Å². The summed E-state index contributed by atoms with van der Waals surface area (Å²) >= 11 is 3.40. The van der Waals surface area contributed by atoms with Crippen LogP contribution in [0.2, 0.25) is 18.3 Å². The fourth-order valence-corrected chi connectivity index (χ4v) is 17.3. The first-order valence-corrected chi connectivity index (χ1v) is 18.5. The maximum atomic E-state index is 12.9. The topological polar surface area (TPSA) is 43.0 Å². The Balaban J connectivity index is 2.57. The molecule has 0 spiro atoms. The Bertz CT molecular complexity index is 959. The van der Waals surface area contributed by atoms with Crippen LogP contribution in [-0.2, 0) is 0 Å². The van der Waals surface area contributed by atoms with E-state index in [-0.39, 0.29) is 10.6 Å². The van der Waals surface area contributed by atoms with Gasteiger partial charge in [0.25, 0.3) is 0 Å². The molecule has 0 saturated carbocycles. The van der Waals surface area contributed by atoms with Gasteiger partial charge in [0.1, 0.15) is 0 Å². The number of unbranched alkanes of at least 4 members (excludes halogenated alkanes) is 3. The first-order chi connectivity index (χ1) is 13.3. The summed E-state index contributed by atoms with van der Waals surface area (Å²) < 4.78 is 10.3. The van der Waals surface area contributed by atoms with E-state index in [2.05, 4.69) is 30.6 Å². The molecule has 2 rings (SSSR count). The van der Waals surface area contributed by atoms with Gasteiger partial charge >= 0.3 is 178 Å². The van der Waals surface area contributed by atoms with Gasteiger partial charge in [0.05, 0.1) is 0 Å². The van der Waals surface area contributed by atoms with Crippen molar-refractivity contribution in [3.05, 3.63) is 42.7 Å². The van der Waals surface area contributed by atoms with Crippen LogP contribution in [-0.4, -0.2) is 27.4 Å². The Morgan fingerprint density at radius 1 is 0.821 bits per heavy atom. The van der Waals surface area contributed by atoms with Crippen LogP contribution in [0.4, 0.5) is 0 Å². The molecule has 0 unspecified atom stereocenters. The molecule has 0 aliphatic rings. The summed E-state index contributed by atoms with van der Waals surface area (Å²) in [5.74, 6) is 3.31. The van der Waals surface area contributed by atoms with Gasteiger partial charge in [-0.15, -0.1) is 0 Å². The van der Waals surface area contributed by atoms with Crippen molar-refractivity contribution in [3.63, 3.8) is 0 Å². The fraction of sp³-hybridized carbons (Fsp3) is 0.636. The van der Waals surface area contributed by atoms with Gasteiger partial charge in [-0.2, -0.15) is 0 Å². The predicted octanol–water partition coefficient (Wildman–Crippen LogP) is 5.21. The number of rotatable bonds is 9. The fourth-order valence-electron chi connectivity index (χ4n) is 3.98. The molecule has 4 nitrogen and oxygen atoms in total. The number of aryl methyl sites for hydroxylation is 2. The van der Waals surface area contributed by atoms with Crippen LogP contribution in [0.1, 0.15) is 76.2 Å². The molecule has 0 N–H and O–H groups in total. The van der Waals surface area contributed by atoms with Crippen molar-refractivity contribution < 1.29 is 0 Å². The van der Waals surface area contributed by atoms with E-state index < -0.39 is 23.9 Å². The number of halogens is 1. The summed E-state index contributed by atoms with van der Waals surface area (Å²) in [7, 11) is 0. The monoisotopic (exact) mass is 512 g/mol. The van der Waals surface area contributed by atoms with E-state index in [1.54, 1.807) is 11.4 Å². The Kier molecular flexibility index (Phi) is 8.51. The Labute approximate surface area is 177 Å². The minimum atomic E-state index is -2.66. The Hall–Kier alpha value is -0.931. The molecule has 154 valence electrons. The molecule has 0 fully saturated rings. The normalized spacial score (nSPS) is 11.8. The molecule has 0 aromatic carbocycles. The minimum absolute atomic E-state index is 0.113. The van der Waals surface area contributed by atoms with Crippen molar-refractivity contribution in [1.82, 2.24) is 9.03 Å². The summed E-state index contributed by atoms with van der Waals surface area (Å²) in [6.45, 7) is 10.3. The van der Waals surface area contributed by atoms with Crippen molar-refractivity contribution in [2.24, 2.45) is 0 Å². The molecule has 0 amide bonds. The summed E-state index contributed by atoms with van der Waals surface area (Å²) in [6, 6.07) is 0. The standard InChI is InChI=1S/C10H6ClN2O2.3C4H9.Sn/c1-4-7-5(2)12-6(3)8(11)10(15)13(12)9(7)14;3*1-3-4-2;/h2-3H3;3*1,3-4H2,2H3;. The molecule has 2 heterocycles. The average molecular weight is 512 g/mol. The van der Waals surface area contributed by atoms with E-state index in [9.17, 15) is 9.59 Å². The van der Waals surface area contributed by atoms with Crippen LogP contribution < -0.4 is 11.1 Å². The SMILES string of the molecule is CCC[CH2][Sn]([C]#Cc1c(C)n2c(C)c(Cl)c(=O)n2c1=O)([CH2]CCC)[CH2]CCC. The first kappa shape index (κ1) is 23.3. The second kappa shape index (κ2) is 10.2. The van der Waals surface area contributed by atoms with Gasteiger partial charge < -0.3 is 0 Å². The van der Waals surface area contributed by atoms with Gasteiger partial charge in [-0.3, -0.25) is 0 Å². The van der Waals surface area contributed by atoms with Gasteiger partial charge in [-0.1, -0.05) is 0 Å². The van der Waals surface area contributed by atoms with Crippen LogP contribution in [0.3, 0.4) is 0 Å². The van der Waals surface area contributed by atoms with E-state index >= 15 is 0 Å². The molecule has 28 heavy (non-hydrogen) atoms. The van der Waals surface area contributed by atoms with Gasteiger partial charge in [0.2, 0.25) is 0 Å². The van der Waals surface area contributed by atoms with Gasteiger partial charge in [0, 0.05) is 0 Å². The van der Waals surface area contributed by atoms with E-state index in [1.807, 2.05) is 6.92 Å². The van der Waals surface area contributed by atoms with E-state index in [1.165, 1.54) is 51.8 Å². The van der Waals surface area contributed by atoms with E-state index in [0.29, 0.717) is 11.3 Å². The van der Waals surface area contributed by atoms with Gasteiger partial charge in [-0.05, 0) is 0 Å². The number of aromatic nitrogens is 2. The first-order valence-electron chi connectivity index (χ1n) is 10.6. The summed E-state index contributed by atoms with van der Waals surface area (Å²) in [6.07, 6.45) is 7.28. The van der Waals surface area contributed by atoms with Crippen molar-refractivity contribution >= 4 is 30.0 Å². The molecule has 0 aliphatic carbocycles. The quantitative estimate of drug-likeness (QED) is 0.343. The number of fused-ring (bicyclic) bond motifs is 1. The average Bonchev–Trinajstić information content (AvgIpc) is 3.07. The predicted molar refractivity (Wildman–Crippen MR) is 121 cm³/mol. The second-order valence-electron chi connectivity index (χ2n) is 7.93. The Morgan fingerprint density at radius 2 is 1.32 bits per heavy atom. The van der Waals surface area contributed by atoms with Crippen molar-refractivity contribution in [3.8, 4) is 9.86 Å². The van der Waals surface area contributed by atoms with Gasteiger partial charge in [-0.25, -0.2) is 0 Å². The molecule has 2 aromatic heterocycles. The third kappa shape index (κ3) is 4.62. The maximum absolute atomic E-state index is 12.9. The van der Waals surface area contributed by atoms with E-state index in [0.717, 1.165) is 10.2 Å². The molecule has 0 radical (unpaired) electrons. The zero-order valence-electron chi connectivity index (χ0n) is 18.0.